The van der Waals surface area contributed by atoms with E-state index >= 15 is 0 Å². The van der Waals surface area contributed by atoms with Gasteiger partial charge in [0.15, 0.2) is 0 Å². The van der Waals surface area contributed by atoms with Crippen molar-refractivity contribution in [1.82, 2.24) is 0 Å². The van der Waals surface area contributed by atoms with Crippen LogP contribution in [0.15, 0.2) is 33.9 Å². The number of hydrogen-bond donors (Lipinski definition) is 1. The topological polar surface area (TPSA) is 64.7 Å². The van der Waals surface area contributed by atoms with E-state index in [2.05, 4.69) is 21.1 Å². The summed E-state index contributed by atoms with van der Waals surface area (Å²) in [7, 11) is 0. The maximum Gasteiger partial charge on any atom is 0.261 e. The zero-order valence-corrected chi connectivity index (χ0v) is 9.40. The van der Waals surface area contributed by atoms with Gasteiger partial charge in [-0.15, -0.1) is 0 Å². The van der Waals surface area contributed by atoms with E-state index in [1.807, 2.05) is 24.3 Å². The van der Waals surface area contributed by atoms with E-state index in [9.17, 15) is 4.79 Å². The van der Waals surface area contributed by atoms with Crippen molar-refractivity contribution in [3.8, 4) is 0 Å². The molecule has 1 aliphatic heterocycles. The summed E-state index contributed by atoms with van der Waals surface area (Å²) in [5, 5.41) is 3.84. The van der Waals surface area contributed by atoms with Crippen LogP contribution in [0.25, 0.3) is 0 Å². The molecule has 4 nitrogen and oxygen atoms in total. The van der Waals surface area contributed by atoms with Gasteiger partial charge in [-0.05, 0) is 17.7 Å². The highest BCUT2D eigenvalue weighted by atomic mass is 79.9. The van der Waals surface area contributed by atoms with E-state index in [4.69, 9.17) is 10.6 Å². The van der Waals surface area contributed by atoms with Gasteiger partial charge in [0.2, 0.25) is 6.10 Å². The molecule has 5 heteroatoms. The van der Waals surface area contributed by atoms with Gasteiger partial charge in [-0.25, -0.2) is 0 Å². The largest absolute Gasteiger partial charge is 0.382 e. The Morgan fingerprint density at radius 2 is 2.13 bits per heavy atom. The fraction of sp³-hybridized carbons (Fsp3) is 0.200. The summed E-state index contributed by atoms with van der Waals surface area (Å²) < 4.78 is 0.997. The number of nitrogens with zero attached hydrogens (tertiary/aromatic N) is 1. The Labute approximate surface area is 95.2 Å². The third-order valence-corrected chi connectivity index (χ3v) is 2.69. The first-order valence-corrected chi connectivity index (χ1v) is 5.24. The third-order valence-electron chi connectivity index (χ3n) is 2.16. The molecule has 2 N–H and O–H groups in total. The Balaban J connectivity index is 2.14. The van der Waals surface area contributed by atoms with Crippen LogP contribution in [-0.2, 0) is 9.63 Å². The molecule has 0 aromatic heterocycles. The smallest absolute Gasteiger partial charge is 0.261 e. The molecule has 1 heterocycles. The van der Waals surface area contributed by atoms with Crippen molar-refractivity contribution in [2.45, 2.75) is 12.5 Å². The predicted octanol–water partition coefficient (Wildman–Crippen LogP) is 1.43. The second kappa shape index (κ2) is 4.02. The quantitative estimate of drug-likeness (QED) is 0.882. The maximum absolute atomic E-state index is 10.8. The van der Waals surface area contributed by atoms with Crippen LogP contribution in [0.2, 0.25) is 0 Å². The number of nitrogens with two attached hydrogens (primary N) is 1. The van der Waals surface area contributed by atoms with Gasteiger partial charge in [0, 0.05) is 10.9 Å². The minimum atomic E-state index is -0.622. The lowest BCUT2D eigenvalue weighted by molar-refractivity contribution is -0.127. The monoisotopic (exact) mass is 268 g/mol. The standard InChI is InChI=1S/C10H9BrN2O2/c11-7-3-1-6(2-4-7)8-5-9(10(12)14)15-13-8/h1-4,9H,5H2,(H2,12,14). The van der Waals surface area contributed by atoms with Gasteiger partial charge in [-0.2, -0.15) is 0 Å². The average molecular weight is 269 g/mol. The van der Waals surface area contributed by atoms with Gasteiger partial charge in [-0.1, -0.05) is 33.2 Å². The van der Waals surface area contributed by atoms with E-state index < -0.39 is 12.0 Å². The summed E-state index contributed by atoms with van der Waals surface area (Å²) in [5.41, 5.74) is 6.82. The Hall–Kier alpha value is -1.36. The number of halogens is 1. The number of amides is 1. The Bertz CT molecular complexity index is 414. The molecule has 1 aliphatic rings. The fourth-order valence-electron chi connectivity index (χ4n) is 1.34. The zero-order valence-electron chi connectivity index (χ0n) is 7.81. The predicted molar refractivity (Wildman–Crippen MR) is 59.4 cm³/mol. The van der Waals surface area contributed by atoms with E-state index in [0.29, 0.717) is 6.42 Å². The van der Waals surface area contributed by atoms with Crippen molar-refractivity contribution < 1.29 is 9.63 Å². The number of carbonyl (C=O) groups is 1. The lowest BCUT2D eigenvalue weighted by atomic mass is 10.1. The molecule has 1 atom stereocenters. The summed E-state index contributed by atoms with van der Waals surface area (Å²) >= 11 is 3.34. The summed E-state index contributed by atoms with van der Waals surface area (Å²) in [6.45, 7) is 0. The molecule has 1 aromatic rings. The van der Waals surface area contributed by atoms with Gasteiger partial charge in [0.05, 0.1) is 5.71 Å². The van der Waals surface area contributed by atoms with Crippen molar-refractivity contribution in [3.63, 3.8) is 0 Å². The lowest BCUT2D eigenvalue weighted by Crippen LogP contribution is -2.28. The second-order valence-electron chi connectivity index (χ2n) is 3.25. The molecule has 15 heavy (non-hydrogen) atoms. The molecule has 0 saturated carbocycles. The zero-order chi connectivity index (χ0) is 10.8. The van der Waals surface area contributed by atoms with Gasteiger partial charge in [0.1, 0.15) is 0 Å². The summed E-state index contributed by atoms with van der Waals surface area (Å²) in [6.07, 6.45) is -0.180. The normalized spacial score (nSPS) is 19.5. The van der Waals surface area contributed by atoms with Crippen LogP contribution in [0.1, 0.15) is 12.0 Å². The van der Waals surface area contributed by atoms with Crippen molar-refractivity contribution in [2.75, 3.05) is 0 Å². The second-order valence-corrected chi connectivity index (χ2v) is 4.16. The highest BCUT2D eigenvalue weighted by molar-refractivity contribution is 9.10. The van der Waals surface area contributed by atoms with E-state index in [1.54, 1.807) is 0 Å². The fourth-order valence-corrected chi connectivity index (χ4v) is 1.61. The number of primary amides is 1. The third kappa shape index (κ3) is 2.18. The van der Waals surface area contributed by atoms with Crippen molar-refractivity contribution in [3.05, 3.63) is 34.3 Å². The molecule has 1 unspecified atom stereocenters. The van der Waals surface area contributed by atoms with Crippen molar-refractivity contribution in [2.24, 2.45) is 10.9 Å². The summed E-state index contributed by atoms with van der Waals surface area (Å²) in [6, 6.07) is 7.65. The van der Waals surface area contributed by atoms with Crippen LogP contribution >= 0.6 is 15.9 Å². The van der Waals surface area contributed by atoms with Crippen LogP contribution in [0, 0.1) is 0 Å². The first-order valence-electron chi connectivity index (χ1n) is 4.45. The first-order chi connectivity index (χ1) is 7.16. The maximum atomic E-state index is 10.8. The minimum absolute atomic E-state index is 0.441. The number of hydrogen-bond acceptors (Lipinski definition) is 3. The molecule has 0 aliphatic carbocycles. The molecule has 0 spiro atoms. The molecule has 0 bridgehead atoms. The molecular weight excluding hydrogens is 260 g/mol. The van der Waals surface area contributed by atoms with Crippen LogP contribution < -0.4 is 5.73 Å². The molecule has 0 saturated heterocycles. The van der Waals surface area contributed by atoms with Gasteiger partial charge >= 0.3 is 0 Å². The van der Waals surface area contributed by atoms with Crippen LogP contribution in [0.4, 0.5) is 0 Å². The molecular formula is C10H9BrN2O2. The number of carbonyl (C=O) groups excluding carboxylic acids is 1. The molecule has 1 amide bonds. The van der Waals surface area contributed by atoms with Crippen molar-refractivity contribution >= 4 is 27.5 Å². The van der Waals surface area contributed by atoms with E-state index in [0.717, 1.165) is 15.7 Å². The van der Waals surface area contributed by atoms with E-state index in [1.165, 1.54) is 0 Å². The Morgan fingerprint density at radius 3 is 2.67 bits per heavy atom. The van der Waals surface area contributed by atoms with Crippen LogP contribution in [0.3, 0.4) is 0 Å². The van der Waals surface area contributed by atoms with Gasteiger partial charge < -0.3 is 10.6 Å². The SMILES string of the molecule is NC(=O)C1CC(c2ccc(Br)cc2)=NO1. The number of oxime groups is 1. The minimum Gasteiger partial charge on any atom is -0.382 e. The first kappa shape index (κ1) is 10.2. The Morgan fingerprint density at radius 1 is 1.47 bits per heavy atom. The van der Waals surface area contributed by atoms with E-state index in [-0.39, 0.29) is 0 Å². The van der Waals surface area contributed by atoms with Gasteiger partial charge in [0.25, 0.3) is 5.91 Å². The highest BCUT2D eigenvalue weighted by Gasteiger charge is 2.26. The highest BCUT2D eigenvalue weighted by Crippen LogP contribution is 2.18. The number of rotatable bonds is 2. The summed E-state index contributed by atoms with van der Waals surface area (Å²) in [5.74, 6) is -0.481. The summed E-state index contributed by atoms with van der Waals surface area (Å²) in [4.78, 5) is 15.8. The van der Waals surface area contributed by atoms with Gasteiger partial charge in [-0.3, -0.25) is 4.79 Å². The molecule has 1 aromatic carbocycles. The Kier molecular flexibility index (Phi) is 2.73. The molecule has 2 rings (SSSR count). The van der Waals surface area contributed by atoms with Crippen LogP contribution in [-0.4, -0.2) is 17.7 Å². The molecule has 78 valence electrons. The lowest BCUT2D eigenvalue weighted by Gasteiger charge is -2.01. The number of benzene rings is 1. The average Bonchev–Trinajstić information content (AvgIpc) is 2.68. The molecule has 0 fully saturated rings. The van der Waals surface area contributed by atoms with Crippen molar-refractivity contribution in [1.29, 1.82) is 0 Å². The molecule has 0 radical (unpaired) electrons. The van der Waals surface area contributed by atoms with Crippen LogP contribution in [0.5, 0.6) is 0 Å².